The fourth-order valence-electron chi connectivity index (χ4n) is 2.08. The standard InChI is InChI=1S/C17H16FN3O6S/c18-13-4-3-12(8-14(13)21(25)26)20-15(22)9-27-16(23)2-1-6-19-17(24)11-5-7-28-10-11/h3-5,7-8,10H,1-2,6,9H2,(H,19,24)(H,20,22). The van der Waals surface area contributed by atoms with Gasteiger partial charge in [0.2, 0.25) is 5.82 Å². The fourth-order valence-corrected chi connectivity index (χ4v) is 2.71. The van der Waals surface area contributed by atoms with E-state index in [1.165, 1.54) is 11.3 Å². The molecule has 1 heterocycles. The van der Waals surface area contributed by atoms with E-state index in [0.717, 1.165) is 18.2 Å². The molecule has 0 atom stereocenters. The van der Waals surface area contributed by atoms with E-state index in [4.69, 9.17) is 4.74 Å². The molecule has 1 aromatic carbocycles. The van der Waals surface area contributed by atoms with Gasteiger partial charge in [0.05, 0.1) is 4.92 Å². The Balaban J connectivity index is 1.67. The Kier molecular flexibility index (Phi) is 7.57. The summed E-state index contributed by atoms with van der Waals surface area (Å²) in [6.45, 7) is -0.319. The zero-order chi connectivity index (χ0) is 20.5. The Morgan fingerprint density at radius 3 is 2.71 bits per heavy atom. The van der Waals surface area contributed by atoms with Gasteiger partial charge in [0.15, 0.2) is 6.61 Å². The Bertz CT molecular complexity index is 872. The molecule has 1 aromatic heterocycles. The molecule has 0 saturated carbocycles. The molecule has 11 heteroatoms. The van der Waals surface area contributed by atoms with Crippen molar-refractivity contribution in [2.45, 2.75) is 12.8 Å². The molecule has 9 nitrogen and oxygen atoms in total. The van der Waals surface area contributed by atoms with Gasteiger partial charge in [-0.1, -0.05) is 0 Å². The fraction of sp³-hybridized carbons (Fsp3) is 0.235. The summed E-state index contributed by atoms with van der Waals surface area (Å²) < 4.78 is 18.0. The lowest BCUT2D eigenvalue weighted by Gasteiger charge is -2.07. The second kappa shape index (κ2) is 10.1. The van der Waals surface area contributed by atoms with E-state index in [2.05, 4.69) is 10.6 Å². The minimum absolute atomic E-state index is 0.000777. The molecule has 2 rings (SSSR count). The van der Waals surface area contributed by atoms with Crippen LogP contribution in [0.5, 0.6) is 0 Å². The largest absolute Gasteiger partial charge is 0.456 e. The normalized spacial score (nSPS) is 10.2. The number of benzene rings is 1. The van der Waals surface area contributed by atoms with Gasteiger partial charge in [-0.15, -0.1) is 0 Å². The van der Waals surface area contributed by atoms with E-state index in [1.807, 2.05) is 0 Å². The number of nitrogens with one attached hydrogen (secondary N) is 2. The second-order valence-electron chi connectivity index (χ2n) is 5.50. The molecule has 0 bridgehead atoms. The number of nitro groups is 1. The van der Waals surface area contributed by atoms with Crippen molar-refractivity contribution in [1.82, 2.24) is 5.32 Å². The van der Waals surface area contributed by atoms with Crippen LogP contribution in [0.25, 0.3) is 0 Å². The van der Waals surface area contributed by atoms with Crippen molar-refractivity contribution in [3.05, 3.63) is 56.5 Å². The summed E-state index contributed by atoms with van der Waals surface area (Å²) in [5, 5.41) is 19.1. The summed E-state index contributed by atoms with van der Waals surface area (Å²) >= 11 is 1.40. The molecule has 2 aromatic rings. The highest BCUT2D eigenvalue weighted by Crippen LogP contribution is 2.21. The van der Waals surface area contributed by atoms with Gasteiger partial charge in [0, 0.05) is 35.7 Å². The third-order valence-electron chi connectivity index (χ3n) is 3.42. The Hall–Kier alpha value is -3.34. The monoisotopic (exact) mass is 409 g/mol. The highest BCUT2D eigenvalue weighted by atomic mass is 32.1. The number of esters is 1. The average Bonchev–Trinajstić information content (AvgIpc) is 3.19. The number of carbonyl (C=O) groups excluding carboxylic acids is 3. The Morgan fingerprint density at radius 1 is 1.25 bits per heavy atom. The molecule has 2 amide bonds. The molecular weight excluding hydrogens is 393 g/mol. The maximum absolute atomic E-state index is 13.2. The lowest BCUT2D eigenvalue weighted by molar-refractivity contribution is -0.387. The average molecular weight is 409 g/mol. The lowest BCUT2D eigenvalue weighted by Crippen LogP contribution is -2.25. The smallest absolute Gasteiger partial charge is 0.306 e. The van der Waals surface area contributed by atoms with Gasteiger partial charge >= 0.3 is 11.7 Å². The van der Waals surface area contributed by atoms with Crippen molar-refractivity contribution in [3.8, 4) is 0 Å². The maximum atomic E-state index is 13.2. The van der Waals surface area contributed by atoms with Crippen molar-refractivity contribution in [1.29, 1.82) is 0 Å². The van der Waals surface area contributed by atoms with Crippen molar-refractivity contribution >= 4 is 40.5 Å². The first-order chi connectivity index (χ1) is 13.4. The molecule has 0 radical (unpaired) electrons. The van der Waals surface area contributed by atoms with E-state index in [9.17, 15) is 28.9 Å². The predicted molar refractivity (Wildman–Crippen MR) is 98.5 cm³/mol. The second-order valence-corrected chi connectivity index (χ2v) is 6.28. The number of halogens is 1. The zero-order valence-corrected chi connectivity index (χ0v) is 15.3. The van der Waals surface area contributed by atoms with Crippen LogP contribution in [0.15, 0.2) is 35.0 Å². The molecule has 0 unspecified atom stereocenters. The summed E-state index contributed by atoms with van der Waals surface area (Å²) in [4.78, 5) is 44.8. The molecular formula is C17H16FN3O6S. The first kappa shape index (κ1) is 21.0. The molecule has 2 N–H and O–H groups in total. The third kappa shape index (κ3) is 6.43. The van der Waals surface area contributed by atoms with Crippen LogP contribution in [0.4, 0.5) is 15.8 Å². The molecule has 148 valence electrons. The van der Waals surface area contributed by atoms with Crippen LogP contribution in [-0.2, 0) is 14.3 Å². The third-order valence-corrected chi connectivity index (χ3v) is 4.10. The summed E-state index contributed by atoms with van der Waals surface area (Å²) in [5.74, 6) is -2.62. The van der Waals surface area contributed by atoms with E-state index < -0.39 is 34.9 Å². The topological polar surface area (TPSA) is 128 Å². The number of nitrogens with zero attached hydrogens (tertiary/aromatic N) is 1. The molecule has 0 aliphatic rings. The van der Waals surface area contributed by atoms with E-state index in [1.54, 1.807) is 16.8 Å². The number of ether oxygens (including phenoxy) is 1. The van der Waals surface area contributed by atoms with Crippen molar-refractivity contribution < 1.29 is 28.4 Å². The van der Waals surface area contributed by atoms with Gasteiger partial charge in [-0.3, -0.25) is 24.5 Å². The van der Waals surface area contributed by atoms with Crippen LogP contribution in [0, 0.1) is 15.9 Å². The minimum atomic E-state index is -1.03. The van der Waals surface area contributed by atoms with Crippen LogP contribution in [0.3, 0.4) is 0 Å². The summed E-state index contributed by atoms with van der Waals surface area (Å²) in [6, 6.07) is 4.55. The molecule has 0 saturated heterocycles. The summed E-state index contributed by atoms with van der Waals surface area (Å²) in [5.41, 5.74) is -0.227. The number of rotatable bonds is 9. The van der Waals surface area contributed by atoms with Gasteiger partial charge in [0.1, 0.15) is 0 Å². The number of nitro benzene ring substituents is 1. The Morgan fingerprint density at radius 2 is 2.04 bits per heavy atom. The van der Waals surface area contributed by atoms with Crippen LogP contribution in [-0.4, -0.2) is 35.9 Å². The van der Waals surface area contributed by atoms with Crippen LogP contribution < -0.4 is 10.6 Å². The van der Waals surface area contributed by atoms with Crippen molar-refractivity contribution in [2.75, 3.05) is 18.5 Å². The van der Waals surface area contributed by atoms with E-state index in [-0.39, 0.29) is 24.6 Å². The predicted octanol–water partition coefficient (Wildman–Crippen LogP) is 2.49. The van der Waals surface area contributed by atoms with Gasteiger partial charge < -0.3 is 15.4 Å². The maximum Gasteiger partial charge on any atom is 0.306 e. The Labute approximate surface area is 162 Å². The van der Waals surface area contributed by atoms with Gasteiger partial charge in [0.25, 0.3) is 11.8 Å². The van der Waals surface area contributed by atoms with Crippen molar-refractivity contribution in [2.24, 2.45) is 0 Å². The lowest BCUT2D eigenvalue weighted by atomic mass is 10.2. The SMILES string of the molecule is O=C(COC(=O)CCCNC(=O)c1ccsc1)Nc1ccc(F)c([N+](=O)[O-])c1. The molecule has 0 aliphatic carbocycles. The van der Waals surface area contributed by atoms with Crippen molar-refractivity contribution in [3.63, 3.8) is 0 Å². The van der Waals surface area contributed by atoms with Crippen LogP contribution in [0.1, 0.15) is 23.2 Å². The molecule has 0 aliphatic heterocycles. The highest BCUT2D eigenvalue weighted by Gasteiger charge is 2.16. The van der Waals surface area contributed by atoms with Gasteiger partial charge in [-0.05, 0) is 30.0 Å². The highest BCUT2D eigenvalue weighted by molar-refractivity contribution is 7.08. The number of carbonyl (C=O) groups is 3. The quantitative estimate of drug-likeness (QED) is 0.283. The van der Waals surface area contributed by atoms with Gasteiger partial charge in [-0.25, -0.2) is 0 Å². The first-order valence-electron chi connectivity index (χ1n) is 8.06. The minimum Gasteiger partial charge on any atom is -0.456 e. The molecule has 0 fully saturated rings. The number of amides is 2. The summed E-state index contributed by atoms with van der Waals surface area (Å²) in [7, 11) is 0. The zero-order valence-electron chi connectivity index (χ0n) is 14.5. The van der Waals surface area contributed by atoms with E-state index >= 15 is 0 Å². The first-order valence-corrected chi connectivity index (χ1v) is 9.01. The number of thiophene rings is 1. The van der Waals surface area contributed by atoms with Gasteiger partial charge in [-0.2, -0.15) is 15.7 Å². The number of anilines is 1. The van der Waals surface area contributed by atoms with Crippen LogP contribution >= 0.6 is 11.3 Å². The number of hydrogen-bond donors (Lipinski definition) is 2. The molecule has 0 spiro atoms. The molecule has 28 heavy (non-hydrogen) atoms. The van der Waals surface area contributed by atoms with E-state index in [0.29, 0.717) is 12.0 Å². The van der Waals surface area contributed by atoms with Crippen LogP contribution in [0.2, 0.25) is 0 Å². The number of hydrogen-bond acceptors (Lipinski definition) is 7. The summed E-state index contributed by atoms with van der Waals surface area (Å²) in [6.07, 6.45) is 0.333.